The van der Waals surface area contributed by atoms with Gasteiger partial charge in [0.1, 0.15) is 5.75 Å². The number of hydrogen-bond donors (Lipinski definition) is 1. The maximum atomic E-state index is 5.51. The molecule has 94 valence electrons. The molecule has 0 heterocycles. The molecule has 0 fully saturated rings. The molecule has 2 unspecified atom stereocenters. The summed E-state index contributed by atoms with van der Waals surface area (Å²) in [5.74, 6) is 1.65. The summed E-state index contributed by atoms with van der Waals surface area (Å²) in [6.07, 6.45) is 2.37. The monoisotopic (exact) mass is 233 g/mol. The van der Waals surface area contributed by atoms with Gasteiger partial charge in [-0.1, -0.05) is 19.9 Å². The Hall–Kier alpha value is -1.02. The fourth-order valence-corrected chi connectivity index (χ4v) is 2.97. The molecule has 2 heteroatoms. The van der Waals surface area contributed by atoms with Crippen LogP contribution in [-0.4, -0.2) is 13.7 Å². The summed E-state index contributed by atoms with van der Waals surface area (Å²) in [4.78, 5) is 0. The van der Waals surface area contributed by atoms with Crippen LogP contribution >= 0.6 is 0 Å². The van der Waals surface area contributed by atoms with Gasteiger partial charge in [-0.15, -0.1) is 0 Å². The number of aryl methyl sites for hydroxylation is 1. The molecule has 17 heavy (non-hydrogen) atoms. The zero-order valence-electron chi connectivity index (χ0n) is 11.3. The molecule has 0 amide bonds. The minimum absolute atomic E-state index is 0.509. The molecule has 2 atom stereocenters. The molecule has 1 N–H and O–H groups in total. The summed E-state index contributed by atoms with van der Waals surface area (Å²) in [5.41, 5.74) is 4.28. The highest BCUT2D eigenvalue weighted by molar-refractivity contribution is 5.51. The lowest BCUT2D eigenvalue weighted by atomic mass is 9.98. The van der Waals surface area contributed by atoms with E-state index in [1.54, 1.807) is 7.11 Å². The highest BCUT2D eigenvalue weighted by Gasteiger charge is 2.31. The van der Waals surface area contributed by atoms with Gasteiger partial charge in [-0.2, -0.15) is 0 Å². The van der Waals surface area contributed by atoms with Crippen LogP contribution in [0.2, 0.25) is 0 Å². The minimum atomic E-state index is 0.509. The summed E-state index contributed by atoms with van der Waals surface area (Å²) in [6.45, 7) is 7.81. The van der Waals surface area contributed by atoms with Crippen molar-refractivity contribution < 1.29 is 4.74 Å². The fourth-order valence-electron chi connectivity index (χ4n) is 2.97. The first-order chi connectivity index (χ1) is 8.19. The van der Waals surface area contributed by atoms with Crippen LogP contribution in [0, 0.1) is 6.92 Å². The first kappa shape index (κ1) is 12.4. The molecule has 1 aromatic carbocycles. The summed E-state index contributed by atoms with van der Waals surface area (Å²) in [7, 11) is 1.77. The average Bonchev–Trinajstić information content (AvgIpc) is 2.66. The normalized spacial score (nSPS) is 22.6. The molecule has 1 aromatic rings. The molecule has 1 aliphatic carbocycles. The van der Waals surface area contributed by atoms with Crippen molar-refractivity contribution in [2.24, 2.45) is 0 Å². The van der Waals surface area contributed by atoms with Gasteiger partial charge < -0.3 is 10.1 Å². The molecule has 0 saturated carbocycles. The first-order valence-electron chi connectivity index (χ1n) is 6.59. The van der Waals surface area contributed by atoms with Gasteiger partial charge >= 0.3 is 0 Å². The van der Waals surface area contributed by atoms with E-state index >= 15 is 0 Å². The molecule has 0 spiro atoms. The lowest BCUT2D eigenvalue weighted by molar-refractivity contribution is 0.407. The Morgan fingerprint density at radius 1 is 1.35 bits per heavy atom. The van der Waals surface area contributed by atoms with Gasteiger partial charge in [0.25, 0.3) is 0 Å². The lowest BCUT2D eigenvalue weighted by Crippen LogP contribution is -2.20. The predicted octanol–water partition coefficient (Wildman–Crippen LogP) is 3.55. The number of rotatable bonds is 4. The quantitative estimate of drug-likeness (QED) is 0.858. The van der Waals surface area contributed by atoms with Crippen LogP contribution in [0.4, 0.5) is 0 Å². The average molecular weight is 233 g/mol. The topological polar surface area (TPSA) is 21.3 Å². The van der Waals surface area contributed by atoms with Crippen molar-refractivity contribution in [3.63, 3.8) is 0 Å². The number of nitrogens with one attached hydrogen (secondary N) is 1. The molecule has 0 saturated heterocycles. The van der Waals surface area contributed by atoms with Crippen LogP contribution in [0.3, 0.4) is 0 Å². The van der Waals surface area contributed by atoms with Crippen LogP contribution in [0.25, 0.3) is 0 Å². The lowest BCUT2D eigenvalue weighted by Gasteiger charge is -2.16. The van der Waals surface area contributed by atoms with E-state index in [-0.39, 0.29) is 0 Å². The Morgan fingerprint density at radius 2 is 2.12 bits per heavy atom. The Kier molecular flexibility index (Phi) is 3.72. The Morgan fingerprint density at radius 3 is 2.76 bits per heavy atom. The standard InChI is InChI=1S/C15H23NO/c1-5-8-16-12-9-11(3)15-13(17-4)7-6-10(2)14(12)15/h6-7,11-12,16H,5,8-9H2,1-4H3. The molecular weight excluding hydrogens is 210 g/mol. The maximum Gasteiger partial charge on any atom is 0.122 e. The van der Waals surface area contributed by atoms with Crippen molar-refractivity contribution >= 4 is 0 Å². The fraction of sp³-hybridized carbons (Fsp3) is 0.600. The second kappa shape index (κ2) is 5.09. The largest absolute Gasteiger partial charge is 0.496 e. The number of ether oxygens (including phenoxy) is 1. The molecule has 1 aliphatic rings. The van der Waals surface area contributed by atoms with Gasteiger partial charge in [-0.3, -0.25) is 0 Å². The van der Waals surface area contributed by atoms with Gasteiger partial charge in [-0.25, -0.2) is 0 Å². The third-order valence-electron chi connectivity index (χ3n) is 3.76. The van der Waals surface area contributed by atoms with E-state index in [0.29, 0.717) is 12.0 Å². The van der Waals surface area contributed by atoms with Gasteiger partial charge in [0, 0.05) is 11.6 Å². The number of hydrogen-bond acceptors (Lipinski definition) is 2. The molecule has 0 bridgehead atoms. The third-order valence-corrected chi connectivity index (χ3v) is 3.76. The molecule has 2 nitrogen and oxygen atoms in total. The summed E-state index contributed by atoms with van der Waals surface area (Å²) < 4.78 is 5.51. The van der Waals surface area contributed by atoms with E-state index in [9.17, 15) is 0 Å². The third kappa shape index (κ3) is 2.19. The van der Waals surface area contributed by atoms with Gasteiger partial charge in [0.15, 0.2) is 0 Å². The van der Waals surface area contributed by atoms with Crippen LogP contribution in [-0.2, 0) is 0 Å². The summed E-state index contributed by atoms with van der Waals surface area (Å²) in [5, 5.41) is 3.65. The van der Waals surface area contributed by atoms with Crippen molar-refractivity contribution in [3.05, 3.63) is 28.8 Å². The number of benzene rings is 1. The summed E-state index contributed by atoms with van der Waals surface area (Å²) in [6, 6.07) is 4.79. The van der Waals surface area contributed by atoms with Gasteiger partial charge in [-0.05, 0) is 49.4 Å². The second-order valence-corrected chi connectivity index (χ2v) is 5.06. The Balaban J connectivity index is 2.38. The molecule has 0 aromatic heterocycles. The predicted molar refractivity (Wildman–Crippen MR) is 71.8 cm³/mol. The Labute approximate surface area is 104 Å². The van der Waals surface area contributed by atoms with Crippen LogP contribution in [0.5, 0.6) is 5.75 Å². The van der Waals surface area contributed by atoms with E-state index in [0.717, 1.165) is 12.3 Å². The van der Waals surface area contributed by atoms with Crippen LogP contribution < -0.4 is 10.1 Å². The van der Waals surface area contributed by atoms with Crippen molar-refractivity contribution in [1.82, 2.24) is 5.32 Å². The summed E-state index contributed by atoms with van der Waals surface area (Å²) >= 11 is 0. The van der Waals surface area contributed by atoms with E-state index < -0.39 is 0 Å². The molecular formula is C15H23NO. The van der Waals surface area contributed by atoms with E-state index in [4.69, 9.17) is 4.74 Å². The SMILES string of the molecule is CCCNC1CC(C)c2c(OC)ccc(C)c21. The van der Waals surface area contributed by atoms with Crippen molar-refractivity contribution in [2.75, 3.05) is 13.7 Å². The second-order valence-electron chi connectivity index (χ2n) is 5.06. The highest BCUT2D eigenvalue weighted by Crippen LogP contribution is 2.46. The van der Waals surface area contributed by atoms with Crippen LogP contribution in [0.15, 0.2) is 12.1 Å². The highest BCUT2D eigenvalue weighted by atomic mass is 16.5. The zero-order valence-corrected chi connectivity index (χ0v) is 11.3. The molecule has 2 rings (SSSR count). The van der Waals surface area contributed by atoms with Gasteiger partial charge in [0.2, 0.25) is 0 Å². The Bertz CT molecular complexity index is 400. The smallest absolute Gasteiger partial charge is 0.122 e. The molecule has 0 radical (unpaired) electrons. The molecule has 0 aliphatic heterocycles. The van der Waals surface area contributed by atoms with Crippen molar-refractivity contribution in [3.8, 4) is 5.75 Å². The van der Waals surface area contributed by atoms with Crippen LogP contribution in [0.1, 0.15) is 55.3 Å². The zero-order chi connectivity index (χ0) is 12.4. The van der Waals surface area contributed by atoms with Gasteiger partial charge in [0.05, 0.1) is 7.11 Å². The first-order valence-corrected chi connectivity index (χ1v) is 6.59. The van der Waals surface area contributed by atoms with E-state index in [1.165, 1.54) is 29.5 Å². The minimum Gasteiger partial charge on any atom is -0.496 e. The number of fused-ring (bicyclic) bond motifs is 1. The van der Waals surface area contributed by atoms with Crippen molar-refractivity contribution in [1.29, 1.82) is 0 Å². The van der Waals surface area contributed by atoms with E-state index in [2.05, 4.69) is 38.2 Å². The maximum absolute atomic E-state index is 5.51. The number of methoxy groups -OCH3 is 1. The van der Waals surface area contributed by atoms with Crippen molar-refractivity contribution in [2.45, 2.75) is 45.6 Å². The van der Waals surface area contributed by atoms with E-state index in [1.807, 2.05) is 0 Å².